The van der Waals surface area contributed by atoms with Gasteiger partial charge >= 0.3 is 7.60 Å². The molecule has 0 aromatic carbocycles. The second kappa shape index (κ2) is 8.86. The van der Waals surface area contributed by atoms with Crippen LogP contribution >= 0.6 is 23.5 Å². The molecule has 0 atom stereocenters. The Morgan fingerprint density at radius 3 is 2.21 bits per heavy atom. The minimum atomic E-state index is -3.00. The number of rotatable bonds is 9. The van der Waals surface area contributed by atoms with Crippen molar-refractivity contribution in [2.75, 3.05) is 31.5 Å². The summed E-state index contributed by atoms with van der Waals surface area (Å²) in [7, 11) is -3.00. The minimum absolute atomic E-state index is 0.0433. The molecule has 14 heavy (non-hydrogen) atoms. The highest BCUT2D eigenvalue weighted by molar-refractivity contribution is 9.09. The Morgan fingerprint density at radius 2 is 1.79 bits per heavy atom. The predicted molar refractivity (Wildman–Crippen MR) is 60.1 cm³/mol. The molecule has 0 aromatic heterocycles. The van der Waals surface area contributed by atoms with Gasteiger partial charge in [-0.3, -0.25) is 4.57 Å². The summed E-state index contributed by atoms with van der Waals surface area (Å²) in [5, 5.41) is 0.876. The van der Waals surface area contributed by atoms with Crippen molar-refractivity contribution < 1.29 is 18.3 Å². The van der Waals surface area contributed by atoms with Gasteiger partial charge in [-0.25, -0.2) is 0 Å². The van der Waals surface area contributed by atoms with E-state index < -0.39 is 7.60 Å². The molecule has 0 bridgehead atoms. The van der Waals surface area contributed by atoms with Crippen LogP contribution in [0.15, 0.2) is 0 Å². The van der Waals surface area contributed by atoms with Gasteiger partial charge < -0.3 is 13.8 Å². The molecule has 0 amide bonds. The Balaban J connectivity index is 3.78. The van der Waals surface area contributed by atoms with Crippen LogP contribution in [-0.2, 0) is 18.3 Å². The van der Waals surface area contributed by atoms with Crippen LogP contribution in [0.5, 0.6) is 0 Å². The van der Waals surface area contributed by atoms with Gasteiger partial charge in [-0.05, 0) is 20.3 Å². The van der Waals surface area contributed by atoms with E-state index in [1.54, 1.807) is 13.8 Å². The molecule has 86 valence electrons. The summed E-state index contributed by atoms with van der Waals surface area (Å²) >= 11 is 3.28. The fourth-order valence-corrected chi connectivity index (χ4v) is 2.43. The van der Waals surface area contributed by atoms with E-state index in [0.29, 0.717) is 19.8 Å². The molecule has 4 nitrogen and oxygen atoms in total. The molecule has 6 heteroatoms. The standard InChI is InChI=1S/C8H18BrO4P/c1-3-12-14(10,13-4-2)8-11-7-5-6-9/h3-8H2,1-2H3. The van der Waals surface area contributed by atoms with E-state index in [0.717, 1.165) is 11.8 Å². The van der Waals surface area contributed by atoms with Gasteiger partial charge in [0.05, 0.1) is 13.2 Å². The second-order valence-corrected chi connectivity index (χ2v) is 5.32. The van der Waals surface area contributed by atoms with Crippen LogP contribution in [0.4, 0.5) is 0 Å². The Morgan fingerprint density at radius 1 is 1.21 bits per heavy atom. The maximum absolute atomic E-state index is 11.8. The van der Waals surface area contributed by atoms with E-state index in [9.17, 15) is 4.57 Å². The molecule has 0 aliphatic carbocycles. The number of alkyl halides is 1. The van der Waals surface area contributed by atoms with Crippen molar-refractivity contribution in [3.05, 3.63) is 0 Å². The van der Waals surface area contributed by atoms with Gasteiger partial charge in [0.25, 0.3) is 0 Å². The van der Waals surface area contributed by atoms with Crippen LogP contribution in [0.1, 0.15) is 20.3 Å². The van der Waals surface area contributed by atoms with Gasteiger partial charge in [0.2, 0.25) is 0 Å². The van der Waals surface area contributed by atoms with Gasteiger partial charge in [-0.1, -0.05) is 15.9 Å². The highest BCUT2D eigenvalue weighted by atomic mass is 79.9. The lowest BCUT2D eigenvalue weighted by Crippen LogP contribution is -2.04. The van der Waals surface area contributed by atoms with Crippen LogP contribution in [-0.4, -0.2) is 31.5 Å². The SMILES string of the molecule is CCOP(=O)(COCCCBr)OCC. The number of hydrogen-bond donors (Lipinski definition) is 0. The smallest absolute Gasteiger partial charge is 0.356 e. The van der Waals surface area contributed by atoms with Gasteiger partial charge in [-0.15, -0.1) is 0 Å². The van der Waals surface area contributed by atoms with Crippen LogP contribution in [0.2, 0.25) is 0 Å². The highest BCUT2D eigenvalue weighted by Gasteiger charge is 2.23. The topological polar surface area (TPSA) is 44.8 Å². The summed E-state index contributed by atoms with van der Waals surface area (Å²) < 4.78 is 27.1. The molecule has 0 spiro atoms. The molecule has 0 fully saturated rings. The summed E-state index contributed by atoms with van der Waals surface area (Å²) in [5.74, 6) is 0. The first kappa shape index (κ1) is 14.6. The van der Waals surface area contributed by atoms with Crippen molar-refractivity contribution in [2.24, 2.45) is 0 Å². The number of hydrogen-bond acceptors (Lipinski definition) is 4. The predicted octanol–water partition coefficient (Wildman–Crippen LogP) is 3.01. The average Bonchev–Trinajstić information content (AvgIpc) is 2.13. The molecule has 0 saturated carbocycles. The molecule has 0 aliphatic rings. The van der Waals surface area contributed by atoms with Crippen molar-refractivity contribution in [2.45, 2.75) is 20.3 Å². The Bertz CT molecular complexity index is 167. The molecule has 0 N–H and O–H groups in total. The van der Waals surface area contributed by atoms with Crippen LogP contribution < -0.4 is 0 Å². The molecule has 0 aromatic rings. The van der Waals surface area contributed by atoms with E-state index in [4.69, 9.17) is 13.8 Å². The third kappa shape index (κ3) is 6.96. The average molecular weight is 289 g/mol. The summed E-state index contributed by atoms with van der Waals surface area (Å²) in [6.45, 7) is 4.88. The van der Waals surface area contributed by atoms with E-state index in [1.165, 1.54) is 0 Å². The first-order valence-electron chi connectivity index (χ1n) is 4.70. The maximum Gasteiger partial charge on any atom is 0.356 e. The Hall–Kier alpha value is 0.590. The van der Waals surface area contributed by atoms with Crippen molar-refractivity contribution in [3.63, 3.8) is 0 Å². The van der Waals surface area contributed by atoms with Crippen LogP contribution in [0.3, 0.4) is 0 Å². The molecule has 0 radical (unpaired) electrons. The van der Waals surface area contributed by atoms with Crippen molar-refractivity contribution in [1.29, 1.82) is 0 Å². The molecule has 0 unspecified atom stereocenters. The third-order valence-corrected chi connectivity index (χ3v) is 3.69. The molecule has 0 heterocycles. The van der Waals surface area contributed by atoms with Crippen LogP contribution in [0, 0.1) is 0 Å². The van der Waals surface area contributed by atoms with Gasteiger partial charge in [0.15, 0.2) is 0 Å². The lowest BCUT2D eigenvalue weighted by molar-refractivity contribution is 0.133. The summed E-state index contributed by atoms with van der Waals surface area (Å²) in [6, 6.07) is 0. The molecule has 0 rings (SSSR count). The minimum Gasteiger partial charge on any atom is -0.369 e. The van der Waals surface area contributed by atoms with E-state index in [-0.39, 0.29) is 6.35 Å². The van der Waals surface area contributed by atoms with Crippen LogP contribution in [0.25, 0.3) is 0 Å². The van der Waals surface area contributed by atoms with Crippen molar-refractivity contribution in [3.8, 4) is 0 Å². The highest BCUT2D eigenvalue weighted by Crippen LogP contribution is 2.47. The summed E-state index contributed by atoms with van der Waals surface area (Å²) in [5.41, 5.74) is 0. The maximum atomic E-state index is 11.8. The normalized spacial score (nSPS) is 11.9. The zero-order valence-electron chi connectivity index (χ0n) is 8.70. The zero-order chi connectivity index (χ0) is 10.9. The molecule has 0 aliphatic heterocycles. The van der Waals surface area contributed by atoms with Crippen molar-refractivity contribution in [1.82, 2.24) is 0 Å². The van der Waals surface area contributed by atoms with Gasteiger partial charge in [0.1, 0.15) is 6.35 Å². The Kier molecular flexibility index (Phi) is 9.24. The number of halogens is 1. The summed E-state index contributed by atoms with van der Waals surface area (Å²) in [6.07, 6.45) is 0.930. The fraction of sp³-hybridized carbons (Fsp3) is 1.00. The van der Waals surface area contributed by atoms with Crippen molar-refractivity contribution >= 4 is 23.5 Å². The first-order chi connectivity index (χ1) is 6.68. The molecule has 0 saturated heterocycles. The molecular formula is C8H18BrO4P. The third-order valence-electron chi connectivity index (χ3n) is 1.32. The largest absolute Gasteiger partial charge is 0.369 e. The van der Waals surface area contributed by atoms with E-state index >= 15 is 0 Å². The van der Waals surface area contributed by atoms with E-state index in [1.807, 2.05) is 0 Å². The second-order valence-electron chi connectivity index (χ2n) is 2.53. The first-order valence-corrected chi connectivity index (χ1v) is 7.55. The lowest BCUT2D eigenvalue weighted by atomic mass is 10.5. The quantitative estimate of drug-likeness (QED) is 0.372. The molecular weight excluding hydrogens is 271 g/mol. The fourth-order valence-electron chi connectivity index (χ4n) is 0.838. The van der Waals surface area contributed by atoms with Gasteiger partial charge in [-0.2, -0.15) is 0 Å². The van der Waals surface area contributed by atoms with E-state index in [2.05, 4.69) is 15.9 Å². The zero-order valence-corrected chi connectivity index (χ0v) is 11.2. The number of ether oxygens (including phenoxy) is 1. The van der Waals surface area contributed by atoms with Gasteiger partial charge in [0, 0.05) is 11.9 Å². The summed E-state index contributed by atoms with van der Waals surface area (Å²) in [4.78, 5) is 0. The Labute approximate surface area is 94.0 Å². The monoisotopic (exact) mass is 288 g/mol. The lowest BCUT2D eigenvalue weighted by Gasteiger charge is -2.16.